The molecule has 0 bridgehead atoms. The lowest BCUT2D eigenvalue weighted by molar-refractivity contribution is 0.475. The smallest absolute Gasteiger partial charge is 0.0565 e. The van der Waals surface area contributed by atoms with Crippen molar-refractivity contribution in [2.45, 2.75) is 26.8 Å². The number of rotatable bonds is 5. The van der Waals surface area contributed by atoms with Gasteiger partial charge < -0.3 is 10.6 Å². The zero-order valence-corrected chi connectivity index (χ0v) is 12.6. The number of anilines is 2. The number of nitrogen functional groups attached to an aromatic ring is 1. The average molecular weight is 268 g/mol. The highest BCUT2D eigenvalue weighted by Crippen LogP contribution is 2.32. The van der Waals surface area contributed by atoms with E-state index in [1.807, 2.05) is 12.1 Å². The van der Waals surface area contributed by atoms with E-state index in [1.165, 1.54) is 11.3 Å². The maximum absolute atomic E-state index is 5.81. The van der Waals surface area contributed by atoms with Crippen molar-refractivity contribution in [3.8, 4) is 0 Å². The molecule has 0 fully saturated rings. The maximum Gasteiger partial charge on any atom is 0.0565 e. The van der Waals surface area contributed by atoms with Crippen molar-refractivity contribution in [1.29, 1.82) is 0 Å². The Morgan fingerprint density at radius 1 is 0.950 bits per heavy atom. The fourth-order valence-corrected chi connectivity index (χ4v) is 2.78. The Balaban J connectivity index is 2.38. The van der Waals surface area contributed by atoms with Crippen LogP contribution in [0.3, 0.4) is 0 Å². The highest BCUT2D eigenvalue weighted by molar-refractivity contribution is 5.50. The van der Waals surface area contributed by atoms with Gasteiger partial charge in [0.25, 0.3) is 0 Å². The summed E-state index contributed by atoms with van der Waals surface area (Å²) < 4.78 is 0. The van der Waals surface area contributed by atoms with Gasteiger partial charge in [-0.1, -0.05) is 44.2 Å². The summed E-state index contributed by atoms with van der Waals surface area (Å²) in [5, 5.41) is 0. The molecule has 0 amide bonds. The zero-order valence-electron chi connectivity index (χ0n) is 12.6. The van der Waals surface area contributed by atoms with E-state index in [1.54, 1.807) is 0 Å². The molecule has 1 unspecified atom stereocenters. The van der Waals surface area contributed by atoms with E-state index in [0.29, 0.717) is 12.0 Å². The minimum Gasteiger partial charge on any atom is -0.399 e. The predicted octanol–water partition coefficient (Wildman–Crippen LogP) is 4.49. The maximum atomic E-state index is 5.81. The molecule has 2 aromatic rings. The van der Waals surface area contributed by atoms with Gasteiger partial charge in [-0.15, -0.1) is 0 Å². The molecule has 0 spiro atoms. The Labute approximate surface area is 122 Å². The van der Waals surface area contributed by atoms with Crippen molar-refractivity contribution >= 4 is 11.4 Å². The van der Waals surface area contributed by atoms with Crippen molar-refractivity contribution in [3.05, 3.63) is 60.2 Å². The molecule has 0 radical (unpaired) electrons. The molecular formula is C18H24N2. The molecule has 106 valence electrons. The van der Waals surface area contributed by atoms with Crippen LogP contribution in [-0.4, -0.2) is 6.54 Å². The van der Waals surface area contributed by atoms with E-state index in [-0.39, 0.29) is 0 Å². The summed E-state index contributed by atoms with van der Waals surface area (Å²) in [6.45, 7) is 7.73. The summed E-state index contributed by atoms with van der Waals surface area (Å²) in [6.07, 6.45) is 0. The van der Waals surface area contributed by atoms with Crippen LogP contribution in [0.15, 0.2) is 54.6 Å². The fraction of sp³-hybridized carbons (Fsp3) is 0.333. The highest BCUT2D eigenvalue weighted by Gasteiger charge is 2.22. The first-order chi connectivity index (χ1) is 9.63. The van der Waals surface area contributed by atoms with Crippen LogP contribution in [0, 0.1) is 5.92 Å². The van der Waals surface area contributed by atoms with Gasteiger partial charge in [-0.05, 0) is 42.7 Å². The minimum atomic E-state index is 0.364. The first-order valence-electron chi connectivity index (χ1n) is 7.30. The number of hydrogen-bond acceptors (Lipinski definition) is 2. The van der Waals surface area contributed by atoms with E-state index in [4.69, 9.17) is 5.73 Å². The Kier molecular flexibility index (Phi) is 4.67. The van der Waals surface area contributed by atoms with Gasteiger partial charge in [-0.3, -0.25) is 0 Å². The summed E-state index contributed by atoms with van der Waals surface area (Å²) in [7, 11) is 0. The van der Waals surface area contributed by atoms with Gasteiger partial charge in [0, 0.05) is 17.9 Å². The predicted molar refractivity (Wildman–Crippen MR) is 87.9 cm³/mol. The van der Waals surface area contributed by atoms with Gasteiger partial charge in [-0.2, -0.15) is 0 Å². The first-order valence-corrected chi connectivity index (χ1v) is 7.30. The molecule has 0 saturated carbocycles. The largest absolute Gasteiger partial charge is 0.399 e. The minimum absolute atomic E-state index is 0.364. The average Bonchev–Trinajstić information content (AvgIpc) is 2.46. The first kappa shape index (κ1) is 14.4. The lowest BCUT2D eigenvalue weighted by atomic mass is 9.93. The quantitative estimate of drug-likeness (QED) is 0.809. The highest BCUT2D eigenvalue weighted by atomic mass is 15.2. The van der Waals surface area contributed by atoms with Crippen molar-refractivity contribution < 1.29 is 0 Å². The van der Waals surface area contributed by atoms with Crippen LogP contribution in [0.2, 0.25) is 0 Å². The molecule has 2 heteroatoms. The second-order valence-corrected chi connectivity index (χ2v) is 5.48. The van der Waals surface area contributed by atoms with E-state index in [9.17, 15) is 0 Å². The third-order valence-corrected chi connectivity index (χ3v) is 3.67. The molecule has 0 aliphatic heterocycles. The van der Waals surface area contributed by atoms with Crippen LogP contribution >= 0.6 is 0 Å². The zero-order chi connectivity index (χ0) is 14.5. The van der Waals surface area contributed by atoms with Crippen LogP contribution in [0.4, 0.5) is 11.4 Å². The van der Waals surface area contributed by atoms with Crippen LogP contribution in [0.5, 0.6) is 0 Å². The summed E-state index contributed by atoms with van der Waals surface area (Å²) in [6, 6.07) is 19.2. The summed E-state index contributed by atoms with van der Waals surface area (Å²) in [5.41, 5.74) is 9.22. The van der Waals surface area contributed by atoms with E-state index in [2.05, 4.69) is 68.1 Å². The van der Waals surface area contributed by atoms with Gasteiger partial charge in [-0.25, -0.2) is 0 Å². The van der Waals surface area contributed by atoms with Crippen LogP contribution in [-0.2, 0) is 0 Å². The van der Waals surface area contributed by atoms with Gasteiger partial charge in [0.2, 0.25) is 0 Å². The van der Waals surface area contributed by atoms with E-state index >= 15 is 0 Å². The molecule has 1 atom stereocenters. The van der Waals surface area contributed by atoms with E-state index < -0.39 is 0 Å². The fourth-order valence-electron chi connectivity index (χ4n) is 2.78. The topological polar surface area (TPSA) is 29.3 Å². The van der Waals surface area contributed by atoms with Crippen LogP contribution in [0.1, 0.15) is 32.4 Å². The number of nitrogens with zero attached hydrogens (tertiary/aromatic N) is 1. The molecule has 0 aromatic heterocycles. The van der Waals surface area contributed by atoms with Crippen LogP contribution in [0.25, 0.3) is 0 Å². The Hall–Kier alpha value is -1.96. The second-order valence-electron chi connectivity index (χ2n) is 5.48. The molecule has 0 saturated heterocycles. The lowest BCUT2D eigenvalue weighted by Crippen LogP contribution is -2.31. The Bertz CT molecular complexity index is 517. The lowest BCUT2D eigenvalue weighted by Gasteiger charge is -2.36. The van der Waals surface area contributed by atoms with Crippen molar-refractivity contribution in [2.75, 3.05) is 17.2 Å². The molecule has 0 aliphatic carbocycles. The Morgan fingerprint density at radius 3 is 2.05 bits per heavy atom. The number of benzene rings is 2. The second kappa shape index (κ2) is 6.47. The normalized spacial score (nSPS) is 12.4. The Morgan fingerprint density at radius 2 is 1.55 bits per heavy atom. The summed E-state index contributed by atoms with van der Waals surface area (Å²) in [5.74, 6) is 0.527. The van der Waals surface area contributed by atoms with Crippen molar-refractivity contribution in [3.63, 3.8) is 0 Å². The number of nitrogens with two attached hydrogens (primary N) is 1. The molecule has 0 heterocycles. The third-order valence-electron chi connectivity index (χ3n) is 3.67. The van der Waals surface area contributed by atoms with Gasteiger partial charge >= 0.3 is 0 Å². The summed E-state index contributed by atoms with van der Waals surface area (Å²) >= 11 is 0. The molecule has 2 N–H and O–H groups in total. The van der Waals surface area contributed by atoms with Gasteiger partial charge in [0.05, 0.1) is 6.04 Å². The van der Waals surface area contributed by atoms with Gasteiger partial charge in [0.1, 0.15) is 0 Å². The van der Waals surface area contributed by atoms with Crippen molar-refractivity contribution in [1.82, 2.24) is 0 Å². The monoisotopic (exact) mass is 268 g/mol. The molecule has 0 aliphatic rings. The van der Waals surface area contributed by atoms with Gasteiger partial charge in [0.15, 0.2) is 0 Å². The molecular weight excluding hydrogens is 244 g/mol. The van der Waals surface area contributed by atoms with Crippen molar-refractivity contribution in [2.24, 2.45) is 5.92 Å². The van der Waals surface area contributed by atoms with Crippen LogP contribution < -0.4 is 10.6 Å². The molecule has 2 nitrogen and oxygen atoms in total. The molecule has 20 heavy (non-hydrogen) atoms. The third kappa shape index (κ3) is 3.13. The van der Waals surface area contributed by atoms with E-state index in [0.717, 1.165) is 12.2 Å². The molecule has 2 aromatic carbocycles. The molecule has 2 rings (SSSR count). The summed E-state index contributed by atoms with van der Waals surface area (Å²) in [4.78, 5) is 2.45. The standard InChI is InChI=1S/C18H24N2/c1-4-20(17-8-6-5-7-9-17)18(14(2)3)15-10-12-16(19)13-11-15/h5-14,18H,4,19H2,1-3H3. The SMILES string of the molecule is CCN(c1ccccc1)C(c1ccc(N)cc1)C(C)C. The number of para-hydroxylation sites is 1. The number of hydrogen-bond donors (Lipinski definition) is 1.